The molecule has 1 N–H and O–H groups in total. The van der Waals surface area contributed by atoms with Crippen LogP contribution in [0.4, 0.5) is 5.69 Å². The van der Waals surface area contributed by atoms with Crippen LogP contribution in [-0.2, 0) is 32.6 Å². The van der Waals surface area contributed by atoms with Crippen LogP contribution in [0.5, 0.6) is 0 Å². The third-order valence-corrected chi connectivity index (χ3v) is 9.49. The molecule has 0 radical (unpaired) electrons. The number of sulfonamides is 1. The first-order valence-corrected chi connectivity index (χ1v) is 16.6. The highest BCUT2D eigenvalue weighted by Gasteiger charge is 2.35. The van der Waals surface area contributed by atoms with E-state index < -0.39 is 34.1 Å². The summed E-state index contributed by atoms with van der Waals surface area (Å²) in [7, 11) is -4.21. The number of aryl methyl sites for hydroxylation is 2. The number of benzene rings is 4. The number of hydrogen-bond donors (Lipinski definition) is 1. The quantitative estimate of drug-likeness (QED) is 0.197. The Bertz CT molecular complexity index is 1720. The van der Waals surface area contributed by atoms with Gasteiger partial charge in [0.25, 0.3) is 10.0 Å². The van der Waals surface area contributed by atoms with Crippen LogP contribution in [0.15, 0.2) is 108 Å². The molecule has 0 aliphatic rings. The molecule has 0 aliphatic carbocycles. The predicted molar refractivity (Wildman–Crippen MR) is 181 cm³/mol. The molecule has 0 heterocycles. The Morgan fingerprint density at radius 3 is 1.96 bits per heavy atom. The smallest absolute Gasteiger partial charge is 0.264 e. The zero-order valence-corrected chi connectivity index (χ0v) is 27.9. The van der Waals surface area contributed by atoms with Gasteiger partial charge in [-0.1, -0.05) is 96.0 Å². The maximum Gasteiger partial charge on any atom is 0.264 e. The lowest BCUT2D eigenvalue weighted by molar-refractivity contribution is -0.140. The van der Waals surface area contributed by atoms with Crippen molar-refractivity contribution < 1.29 is 18.0 Å². The van der Waals surface area contributed by atoms with Gasteiger partial charge in [0.2, 0.25) is 11.8 Å². The molecule has 7 nitrogen and oxygen atoms in total. The Morgan fingerprint density at radius 1 is 0.822 bits per heavy atom. The molecule has 45 heavy (non-hydrogen) atoms. The molecule has 2 amide bonds. The number of hydrogen-bond acceptors (Lipinski definition) is 4. The molecule has 1 unspecified atom stereocenters. The van der Waals surface area contributed by atoms with Crippen LogP contribution in [0.25, 0.3) is 0 Å². The molecule has 0 fully saturated rings. The first kappa shape index (κ1) is 33.7. The molecule has 0 aliphatic heterocycles. The van der Waals surface area contributed by atoms with Crippen LogP contribution in [-0.4, -0.2) is 43.3 Å². The Balaban J connectivity index is 1.82. The topological polar surface area (TPSA) is 86.8 Å². The summed E-state index contributed by atoms with van der Waals surface area (Å²) in [5.41, 5.74) is 3.03. The highest BCUT2D eigenvalue weighted by Crippen LogP contribution is 2.29. The monoisotopic (exact) mass is 645 g/mol. The van der Waals surface area contributed by atoms with Gasteiger partial charge in [-0.3, -0.25) is 13.9 Å². The van der Waals surface area contributed by atoms with Gasteiger partial charge in [-0.25, -0.2) is 8.42 Å². The van der Waals surface area contributed by atoms with Crippen LogP contribution in [0, 0.1) is 13.8 Å². The molecule has 0 saturated carbocycles. The SMILES string of the molecule is Cc1ccc(S(=O)(=O)N(CC(=O)N(Cc2ccccc2)C(Cc2ccccc2)C(=O)NC(C)(C)C)c2ccc(C)c(Cl)c2)cc1. The lowest BCUT2D eigenvalue weighted by atomic mass is 10.0. The van der Waals surface area contributed by atoms with E-state index in [-0.39, 0.29) is 29.5 Å². The van der Waals surface area contributed by atoms with Crippen molar-refractivity contribution in [2.45, 2.75) is 64.1 Å². The number of amides is 2. The fraction of sp³-hybridized carbons (Fsp3) is 0.278. The highest BCUT2D eigenvalue weighted by atomic mass is 35.5. The molecule has 9 heteroatoms. The van der Waals surface area contributed by atoms with E-state index in [0.717, 1.165) is 26.6 Å². The molecule has 0 spiro atoms. The van der Waals surface area contributed by atoms with E-state index in [9.17, 15) is 18.0 Å². The van der Waals surface area contributed by atoms with Crippen molar-refractivity contribution in [2.75, 3.05) is 10.8 Å². The number of carbonyl (C=O) groups excluding carboxylic acids is 2. The Kier molecular flexibility index (Phi) is 10.7. The zero-order valence-electron chi connectivity index (χ0n) is 26.3. The van der Waals surface area contributed by atoms with Crippen molar-refractivity contribution in [3.8, 4) is 0 Å². The third kappa shape index (κ3) is 8.96. The van der Waals surface area contributed by atoms with Crippen molar-refractivity contribution in [3.05, 3.63) is 130 Å². The van der Waals surface area contributed by atoms with Crippen molar-refractivity contribution in [1.82, 2.24) is 10.2 Å². The minimum Gasteiger partial charge on any atom is -0.350 e. The minimum atomic E-state index is -4.21. The van der Waals surface area contributed by atoms with E-state index in [1.807, 2.05) is 95.3 Å². The van der Waals surface area contributed by atoms with Gasteiger partial charge in [-0.2, -0.15) is 0 Å². The molecule has 0 saturated heterocycles. The summed E-state index contributed by atoms with van der Waals surface area (Å²) >= 11 is 6.46. The van der Waals surface area contributed by atoms with Crippen molar-refractivity contribution in [1.29, 1.82) is 0 Å². The van der Waals surface area contributed by atoms with Gasteiger partial charge in [0.15, 0.2) is 0 Å². The Labute approximate surface area is 271 Å². The fourth-order valence-electron chi connectivity index (χ4n) is 4.89. The zero-order chi connectivity index (χ0) is 32.8. The molecule has 0 aromatic heterocycles. The Morgan fingerprint density at radius 2 is 1.40 bits per heavy atom. The van der Waals surface area contributed by atoms with E-state index >= 15 is 0 Å². The van der Waals surface area contributed by atoms with Gasteiger partial charge < -0.3 is 10.2 Å². The van der Waals surface area contributed by atoms with E-state index in [4.69, 9.17) is 11.6 Å². The summed E-state index contributed by atoms with van der Waals surface area (Å²) in [6.07, 6.45) is 0.238. The van der Waals surface area contributed by atoms with Gasteiger partial charge >= 0.3 is 0 Å². The second kappa shape index (κ2) is 14.3. The van der Waals surface area contributed by atoms with Crippen LogP contribution in [0.1, 0.15) is 43.0 Å². The van der Waals surface area contributed by atoms with E-state index in [2.05, 4.69) is 5.32 Å². The molecule has 4 rings (SSSR count). The summed E-state index contributed by atoms with van der Waals surface area (Å²) in [6.45, 7) is 8.88. The van der Waals surface area contributed by atoms with Gasteiger partial charge in [0.05, 0.1) is 10.6 Å². The molecule has 4 aromatic carbocycles. The highest BCUT2D eigenvalue weighted by molar-refractivity contribution is 7.92. The molecule has 0 bridgehead atoms. The molecular formula is C36H40ClN3O4S. The Hall–Kier alpha value is -4.14. The lowest BCUT2D eigenvalue weighted by Crippen LogP contribution is -2.56. The summed E-state index contributed by atoms with van der Waals surface area (Å²) in [5, 5.41) is 3.41. The van der Waals surface area contributed by atoms with Crippen LogP contribution in [0.3, 0.4) is 0 Å². The van der Waals surface area contributed by atoms with Gasteiger partial charge in [-0.05, 0) is 75.6 Å². The number of carbonyl (C=O) groups is 2. The van der Waals surface area contributed by atoms with Crippen molar-refractivity contribution in [3.63, 3.8) is 0 Å². The minimum absolute atomic E-state index is 0.0403. The standard InChI is InChI=1S/C36H40ClN3O4S/c1-26-16-20-31(21-17-26)45(43,44)40(30-19-18-27(2)32(37)23-30)25-34(41)39(24-29-14-10-7-11-15-29)33(35(42)38-36(3,4)5)22-28-12-8-6-9-13-28/h6-21,23,33H,22,24-25H2,1-5H3,(H,38,42). The van der Waals surface area contributed by atoms with E-state index in [0.29, 0.717) is 5.02 Å². The van der Waals surface area contributed by atoms with Gasteiger partial charge in [-0.15, -0.1) is 0 Å². The largest absolute Gasteiger partial charge is 0.350 e. The number of rotatable bonds is 11. The third-order valence-electron chi connectivity index (χ3n) is 7.30. The van der Waals surface area contributed by atoms with Crippen molar-refractivity contribution >= 4 is 39.1 Å². The number of halogens is 1. The summed E-state index contributed by atoms with van der Waals surface area (Å²) in [6, 6.07) is 29.3. The number of nitrogens with one attached hydrogen (secondary N) is 1. The van der Waals surface area contributed by atoms with Crippen LogP contribution < -0.4 is 9.62 Å². The summed E-state index contributed by atoms with van der Waals surface area (Å²) in [4.78, 5) is 30.0. The number of anilines is 1. The van der Waals surface area contributed by atoms with Crippen LogP contribution in [0.2, 0.25) is 5.02 Å². The lowest BCUT2D eigenvalue weighted by Gasteiger charge is -2.35. The van der Waals surface area contributed by atoms with Gasteiger partial charge in [0.1, 0.15) is 12.6 Å². The second-order valence-electron chi connectivity index (χ2n) is 12.2. The van der Waals surface area contributed by atoms with E-state index in [1.165, 1.54) is 17.0 Å². The average molecular weight is 646 g/mol. The van der Waals surface area contributed by atoms with Crippen molar-refractivity contribution in [2.24, 2.45) is 0 Å². The van der Waals surface area contributed by atoms with Gasteiger partial charge in [0, 0.05) is 23.5 Å². The molecule has 4 aromatic rings. The molecule has 1 atom stereocenters. The first-order valence-electron chi connectivity index (χ1n) is 14.8. The number of nitrogens with zero attached hydrogens (tertiary/aromatic N) is 2. The maximum atomic E-state index is 14.5. The van der Waals surface area contributed by atoms with E-state index in [1.54, 1.807) is 30.3 Å². The first-order chi connectivity index (χ1) is 21.2. The molecule has 236 valence electrons. The summed E-state index contributed by atoms with van der Waals surface area (Å²) in [5.74, 6) is -0.863. The second-order valence-corrected chi connectivity index (χ2v) is 14.5. The molecular weight excluding hydrogens is 606 g/mol. The average Bonchev–Trinajstić information content (AvgIpc) is 2.99. The normalized spacial score (nSPS) is 12.3. The predicted octanol–water partition coefficient (Wildman–Crippen LogP) is 6.71. The summed E-state index contributed by atoms with van der Waals surface area (Å²) < 4.78 is 29.4. The maximum absolute atomic E-state index is 14.5. The van der Waals surface area contributed by atoms with Crippen LogP contribution >= 0.6 is 11.6 Å². The fourth-order valence-corrected chi connectivity index (χ4v) is 6.47.